The highest BCUT2D eigenvalue weighted by atomic mass is 16.8. The lowest BCUT2D eigenvalue weighted by molar-refractivity contribution is -0.504. The SMILES string of the molecule is CCCC12C3C(=O)C4(OC(=O)C(C)(C)O4)C4C5C3C1(CCC)C(C(=O)C51OC(=O)C(C)(C)O1)C42. The third-order valence-corrected chi connectivity index (χ3v) is 10.8. The molecule has 0 radical (unpaired) electrons. The van der Waals surface area contributed by atoms with Gasteiger partial charge in [0.05, 0.1) is 0 Å². The molecule has 2 saturated heterocycles. The van der Waals surface area contributed by atoms with Crippen LogP contribution < -0.4 is 0 Å². The number of ether oxygens (including phenoxy) is 4. The fourth-order valence-corrected chi connectivity index (χ4v) is 10.5. The second-order valence-corrected chi connectivity index (χ2v) is 12.7. The molecule has 0 aromatic rings. The van der Waals surface area contributed by atoms with Gasteiger partial charge in [0.15, 0.2) is 11.2 Å². The van der Waals surface area contributed by atoms with Crippen LogP contribution in [0.25, 0.3) is 0 Å². The van der Waals surface area contributed by atoms with Crippen LogP contribution in [0.4, 0.5) is 0 Å². The largest absolute Gasteiger partial charge is 0.423 e. The smallest absolute Gasteiger partial charge is 0.340 e. The molecule has 8 bridgehead atoms. The molecule has 0 N–H and O–H groups in total. The van der Waals surface area contributed by atoms with E-state index < -0.39 is 58.4 Å². The van der Waals surface area contributed by atoms with Crippen LogP contribution in [0, 0.1) is 46.3 Å². The Labute approximate surface area is 198 Å². The second-order valence-electron chi connectivity index (χ2n) is 12.7. The first-order valence-corrected chi connectivity index (χ1v) is 12.8. The molecule has 0 amide bonds. The van der Waals surface area contributed by atoms with Gasteiger partial charge in [0.25, 0.3) is 11.6 Å². The van der Waals surface area contributed by atoms with Crippen LogP contribution in [0.1, 0.15) is 67.2 Å². The summed E-state index contributed by atoms with van der Waals surface area (Å²) in [6.07, 6.45) is 3.51. The van der Waals surface area contributed by atoms with Crippen molar-refractivity contribution in [2.45, 2.75) is 90.0 Å². The van der Waals surface area contributed by atoms with Crippen molar-refractivity contribution in [3.05, 3.63) is 0 Å². The van der Waals surface area contributed by atoms with Gasteiger partial charge in [-0.05, 0) is 63.2 Å². The first-order chi connectivity index (χ1) is 15.8. The Morgan fingerprint density at radius 1 is 0.618 bits per heavy atom. The van der Waals surface area contributed by atoms with Crippen LogP contribution in [0.5, 0.6) is 0 Å². The molecule has 9 saturated carbocycles. The van der Waals surface area contributed by atoms with Gasteiger partial charge in [-0.3, -0.25) is 9.59 Å². The van der Waals surface area contributed by atoms with Crippen molar-refractivity contribution in [2.75, 3.05) is 0 Å². The standard InChI is InChI=1S/C26H32O8/c1-7-9-23-11-13-14-12(15(23)17(27)25(13)31-19(29)21(3,4)33-25)24(23,10-8-2)16(11)18(28)26(14)32-20(30)22(5,6)34-26/h11-16H,7-10H2,1-6H3. The average Bonchev–Trinajstić information content (AvgIpc) is 3.14. The van der Waals surface area contributed by atoms with Gasteiger partial charge in [-0.2, -0.15) is 0 Å². The third-order valence-electron chi connectivity index (χ3n) is 10.8. The predicted molar refractivity (Wildman–Crippen MR) is 114 cm³/mol. The summed E-state index contributed by atoms with van der Waals surface area (Å²) in [7, 11) is 0. The van der Waals surface area contributed by atoms with E-state index in [-0.39, 0.29) is 34.2 Å². The van der Waals surface area contributed by atoms with Gasteiger partial charge in [0, 0.05) is 23.7 Å². The first-order valence-electron chi connectivity index (χ1n) is 12.8. The lowest BCUT2D eigenvalue weighted by Crippen LogP contribution is -3.00. The van der Waals surface area contributed by atoms with Crippen LogP contribution in [-0.4, -0.2) is 46.3 Å². The molecule has 2 aliphatic heterocycles. The van der Waals surface area contributed by atoms with Gasteiger partial charge in [-0.15, -0.1) is 0 Å². The van der Waals surface area contributed by atoms with E-state index in [1.54, 1.807) is 27.7 Å². The Hall–Kier alpha value is -1.80. The molecule has 8 heteroatoms. The monoisotopic (exact) mass is 472 g/mol. The topological polar surface area (TPSA) is 105 Å². The summed E-state index contributed by atoms with van der Waals surface area (Å²) in [6, 6.07) is 0. The summed E-state index contributed by atoms with van der Waals surface area (Å²) in [6.45, 7) is 10.7. The molecule has 10 unspecified atom stereocenters. The van der Waals surface area contributed by atoms with Crippen molar-refractivity contribution in [2.24, 2.45) is 46.3 Å². The molecular weight excluding hydrogens is 440 g/mol. The number of hydrogen-bond acceptors (Lipinski definition) is 8. The highest BCUT2D eigenvalue weighted by molar-refractivity contribution is 6.05. The molecule has 0 aromatic heterocycles. The van der Waals surface area contributed by atoms with E-state index in [1.165, 1.54) is 0 Å². The number of Topliss-reactive ketones (excluding diaryl/α,β-unsaturated/α-hetero) is 2. The van der Waals surface area contributed by atoms with E-state index >= 15 is 0 Å². The Balaban J connectivity index is 1.47. The van der Waals surface area contributed by atoms with Gasteiger partial charge >= 0.3 is 11.9 Å². The van der Waals surface area contributed by atoms with Crippen LogP contribution in [0.3, 0.4) is 0 Å². The minimum absolute atomic E-state index is 0.150. The summed E-state index contributed by atoms with van der Waals surface area (Å²) in [5.74, 6) is -7.22. The number of ketones is 2. The Bertz CT molecular complexity index is 1020. The van der Waals surface area contributed by atoms with E-state index in [1.807, 2.05) is 0 Å². The van der Waals surface area contributed by atoms with Gasteiger partial charge in [0.1, 0.15) is 0 Å². The molecule has 9 aliphatic carbocycles. The van der Waals surface area contributed by atoms with Crippen molar-refractivity contribution in [1.82, 2.24) is 0 Å². The van der Waals surface area contributed by atoms with E-state index in [0.717, 1.165) is 25.7 Å². The zero-order valence-corrected chi connectivity index (χ0v) is 20.6. The number of hydrogen-bond donors (Lipinski definition) is 0. The number of carbonyl (C=O) groups excluding carboxylic acids is 4. The normalized spacial score (nSPS) is 56.1. The maximum Gasteiger partial charge on any atom is 0.340 e. The van der Waals surface area contributed by atoms with Crippen molar-refractivity contribution in [3.63, 3.8) is 0 Å². The fraction of sp³-hybridized carbons (Fsp3) is 0.846. The third kappa shape index (κ3) is 1.64. The van der Waals surface area contributed by atoms with E-state index in [4.69, 9.17) is 18.9 Å². The maximum absolute atomic E-state index is 14.2. The molecule has 11 fully saturated rings. The molecule has 34 heavy (non-hydrogen) atoms. The van der Waals surface area contributed by atoms with Crippen molar-refractivity contribution < 1.29 is 38.1 Å². The van der Waals surface area contributed by atoms with Crippen LogP contribution >= 0.6 is 0 Å². The number of carbonyl (C=O) groups is 4. The molecule has 8 nitrogen and oxygen atoms in total. The summed E-state index contributed by atoms with van der Waals surface area (Å²) in [4.78, 5) is 54.0. The molecule has 2 heterocycles. The van der Waals surface area contributed by atoms with E-state index in [0.29, 0.717) is 0 Å². The first kappa shape index (κ1) is 21.5. The van der Waals surface area contributed by atoms with E-state index in [9.17, 15) is 19.2 Å². The molecule has 184 valence electrons. The lowest BCUT2D eigenvalue weighted by Gasteiger charge is -2.94. The molecule has 11 aliphatic rings. The van der Waals surface area contributed by atoms with Gasteiger partial charge < -0.3 is 18.9 Å². The number of rotatable bonds is 4. The quantitative estimate of drug-likeness (QED) is 0.575. The zero-order chi connectivity index (χ0) is 24.4. The predicted octanol–water partition coefficient (Wildman–Crippen LogP) is 2.56. The van der Waals surface area contributed by atoms with Crippen LogP contribution in [0.15, 0.2) is 0 Å². The van der Waals surface area contributed by atoms with Crippen molar-refractivity contribution in [1.29, 1.82) is 0 Å². The summed E-state index contributed by atoms with van der Waals surface area (Å²) in [5.41, 5.74) is -3.12. The molecule has 11 rings (SSSR count). The second kappa shape index (κ2) is 5.46. The molecule has 10 atom stereocenters. The average molecular weight is 473 g/mol. The minimum Gasteiger partial charge on any atom is -0.423 e. The van der Waals surface area contributed by atoms with Crippen molar-refractivity contribution >= 4 is 23.5 Å². The lowest BCUT2D eigenvalue weighted by atomic mass is 9.07. The highest BCUT2D eigenvalue weighted by Gasteiger charge is 3.03. The van der Waals surface area contributed by atoms with E-state index in [2.05, 4.69) is 13.8 Å². The minimum atomic E-state index is -1.75. The highest BCUT2D eigenvalue weighted by Crippen LogP contribution is 2.97. The van der Waals surface area contributed by atoms with Gasteiger partial charge in [-0.1, -0.05) is 26.7 Å². The fourth-order valence-electron chi connectivity index (χ4n) is 10.5. The zero-order valence-electron chi connectivity index (χ0n) is 20.6. The van der Waals surface area contributed by atoms with Crippen LogP contribution in [-0.2, 0) is 38.1 Å². The Kier molecular flexibility index (Phi) is 3.45. The summed E-state index contributed by atoms with van der Waals surface area (Å²) < 4.78 is 24.3. The molecular formula is C26H32O8. The Morgan fingerprint density at radius 2 is 0.971 bits per heavy atom. The van der Waals surface area contributed by atoms with Gasteiger partial charge in [-0.25, -0.2) is 9.59 Å². The molecule has 0 aromatic carbocycles. The van der Waals surface area contributed by atoms with Crippen molar-refractivity contribution in [3.8, 4) is 0 Å². The summed E-state index contributed by atoms with van der Waals surface area (Å²) in [5, 5.41) is 0. The number of esters is 2. The van der Waals surface area contributed by atoms with Crippen LogP contribution in [0.2, 0.25) is 0 Å². The summed E-state index contributed by atoms with van der Waals surface area (Å²) >= 11 is 0. The maximum atomic E-state index is 14.2. The molecule has 2 spiro atoms. The Morgan fingerprint density at radius 3 is 1.24 bits per heavy atom. The van der Waals surface area contributed by atoms with Gasteiger partial charge in [0.2, 0.25) is 11.6 Å².